The van der Waals surface area contributed by atoms with E-state index in [1.807, 2.05) is 0 Å². The second kappa shape index (κ2) is 5.78. The lowest BCUT2D eigenvalue weighted by Gasteiger charge is -2.37. The largest absolute Gasteiger partial charge is 0.426 e. The number of benzene rings is 1. The molecule has 26 heavy (non-hydrogen) atoms. The van der Waals surface area contributed by atoms with E-state index >= 15 is 0 Å². The molecule has 2 amide bonds. The molecule has 6 rings (SSSR count). The highest BCUT2D eigenvalue weighted by Crippen LogP contribution is 2.65. The minimum atomic E-state index is -0.438. The summed E-state index contributed by atoms with van der Waals surface area (Å²) in [4.78, 5) is 39.0. The lowest BCUT2D eigenvalue weighted by molar-refractivity contribution is -0.141. The van der Waals surface area contributed by atoms with E-state index in [9.17, 15) is 14.4 Å². The van der Waals surface area contributed by atoms with Crippen molar-refractivity contribution in [1.29, 1.82) is 0 Å². The minimum Gasteiger partial charge on any atom is -0.426 e. The summed E-state index contributed by atoms with van der Waals surface area (Å²) in [6.45, 7) is 0.106. The number of hydrogen-bond donors (Lipinski definition) is 0. The van der Waals surface area contributed by atoms with Crippen LogP contribution in [0.25, 0.3) is 0 Å². The summed E-state index contributed by atoms with van der Waals surface area (Å²) in [6.07, 6.45) is 5.46. The SMILES string of the molecule is O=C(CCN1C(=O)[C@@H]2[C@H]3C=C[C@@H]([C@@H]4C[C@@H]34)[C@H]2C1=O)Oc1ccc(Br)cc1. The number of allylic oxidation sites excluding steroid dienone is 2. The summed E-state index contributed by atoms with van der Waals surface area (Å²) in [5.74, 6) is 1.02. The van der Waals surface area contributed by atoms with Crippen LogP contribution in [0.4, 0.5) is 0 Å². The maximum absolute atomic E-state index is 12.8. The zero-order chi connectivity index (χ0) is 18.0. The molecule has 1 aromatic carbocycles. The highest BCUT2D eigenvalue weighted by Gasteiger charge is 2.66. The maximum Gasteiger partial charge on any atom is 0.312 e. The van der Waals surface area contributed by atoms with Gasteiger partial charge in [0, 0.05) is 11.0 Å². The summed E-state index contributed by atoms with van der Waals surface area (Å²) in [5.41, 5.74) is 0. The van der Waals surface area contributed by atoms with E-state index in [4.69, 9.17) is 4.74 Å². The van der Waals surface area contributed by atoms with Crippen LogP contribution in [0.15, 0.2) is 40.9 Å². The highest BCUT2D eigenvalue weighted by molar-refractivity contribution is 9.10. The summed E-state index contributed by atoms with van der Waals surface area (Å²) >= 11 is 3.32. The average Bonchev–Trinajstić information content (AvgIpc) is 3.41. The van der Waals surface area contributed by atoms with E-state index in [0.717, 1.165) is 10.9 Å². The number of amides is 2. The Bertz CT molecular complexity index is 797. The van der Waals surface area contributed by atoms with E-state index in [1.165, 1.54) is 4.90 Å². The van der Waals surface area contributed by atoms with E-state index in [0.29, 0.717) is 17.6 Å². The molecular weight excluding hydrogens is 398 g/mol. The van der Waals surface area contributed by atoms with Crippen molar-refractivity contribution < 1.29 is 19.1 Å². The Balaban J connectivity index is 1.24. The fraction of sp³-hybridized carbons (Fsp3) is 0.450. The van der Waals surface area contributed by atoms with Crippen molar-refractivity contribution in [2.75, 3.05) is 6.54 Å². The summed E-state index contributed by atoms with van der Waals surface area (Å²) < 4.78 is 6.17. The Morgan fingerprint density at radius 3 is 2.19 bits per heavy atom. The summed E-state index contributed by atoms with van der Waals surface area (Å²) in [7, 11) is 0. The van der Waals surface area contributed by atoms with Gasteiger partial charge in [0.05, 0.1) is 18.3 Å². The smallest absolute Gasteiger partial charge is 0.312 e. The van der Waals surface area contributed by atoms with Crippen molar-refractivity contribution in [2.24, 2.45) is 35.5 Å². The van der Waals surface area contributed by atoms with Crippen molar-refractivity contribution in [3.05, 3.63) is 40.9 Å². The molecule has 0 unspecified atom stereocenters. The number of likely N-dealkylation sites (tertiary alicyclic amines) is 1. The quantitative estimate of drug-likeness (QED) is 0.328. The van der Waals surface area contributed by atoms with Crippen LogP contribution < -0.4 is 4.74 Å². The molecule has 3 fully saturated rings. The van der Waals surface area contributed by atoms with Gasteiger partial charge in [-0.05, 0) is 54.4 Å². The predicted octanol–water partition coefficient (Wildman–Crippen LogP) is 2.80. The Morgan fingerprint density at radius 2 is 1.62 bits per heavy atom. The van der Waals surface area contributed by atoms with Crippen LogP contribution in [-0.2, 0) is 14.4 Å². The fourth-order valence-electron chi connectivity index (χ4n) is 5.13. The molecule has 5 aliphatic rings. The molecule has 6 atom stereocenters. The third-order valence-electron chi connectivity index (χ3n) is 6.34. The highest BCUT2D eigenvalue weighted by atomic mass is 79.9. The van der Waals surface area contributed by atoms with Crippen molar-refractivity contribution in [3.63, 3.8) is 0 Å². The lowest BCUT2D eigenvalue weighted by Crippen LogP contribution is -2.40. The molecule has 5 nitrogen and oxygen atoms in total. The number of imide groups is 1. The molecule has 0 radical (unpaired) electrons. The van der Waals surface area contributed by atoms with Crippen LogP contribution in [-0.4, -0.2) is 29.2 Å². The number of carbonyl (C=O) groups excluding carboxylic acids is 3. The van der Waals surface area contributed by atoms with E-state index < -0.39 is 5.97 Å². The van der Waals surface area contributed by atoms with Crippen LogP contribution in [0.5, 0.6) is 5.75 Å². The summed E-state index contributed by atoms with van der Waals surface area (Å²) in [6, 6.07) is 6.96. The number of hydrogen-bond acceptors (Lipinski definition) is 4. The van der Waals surface area contributed by atoms with Gasteiger partial charge in [-0.3, -0.25) is 19.3 Å². The van der Waals surface area contributed by atoms with E-state index in [2.05, 4.69) is 28.1 Å². The topological polar surface area (TPSA) is 63.7 Å². The molecule has 6 heteroatoms. The molecule has 1 aromatic rings. The zero-order valence-electron chi connectivity index (χ0n) is 14.0. The number of carbonyl (C=O) groups is 3. The molecule has 1 saturated heterocycles. The van der Waals surface area contributed by atoms with Gasteiger partial charge in [0.2, 0.25) is 11.8 Å². The molecule has 2 bridgehead atoms. The first-order chi connectivity index (χ1) is 12.5. The minimum absolute atomic E-state index is 0.0165. The van der Waals surface area contributed by atoms with Gasteiger partial charge >= 0.3 is 5.97 Å². The molecule has 134 valence electrons. The van der Waals surface area contributed by atoms with Crippen molar-refractivity contribution >= 4 is 33.7 Å². The first kappa shape index (κ1) is 16.2. The molecule has 2 saturated carbocycles. The van der Waals surface area contributed by atoms with Gasteiger partial charge < -0.3 is 4.74 Å². The Kier molecular flexibility index (Phi) is 3.61. The van der Waals surface area contributed by atoms with Crippen molar-refractivity contribution in [3.8, 4) is 5.75 Å². The fourth-order valence-corrected chi connectivity index (χ4v) is 5.39. The molecule has 0 aromatic heterocycles. The molecular formula is C20H18BrNO4. The second-order valence-corrected chi connectivity index (χ2v) is 8.58. The second-order valence-electron chi connectivity index (χ2n) is 7.66. The van der Waals surface area contributed by atoms with Crippen LogP contribution in [0.3, 0.4) is 0 Å². The predicted molar refractivity (Wildman–Crippen MR) is 95.8 cm³/mol. The van der Waals surface area contributed by atoms with E-state index in [-0.39, 0.29) is 48.5 Å². The van der Waals surface area contributed by atoms with Crippen LogP contribution >= 0.6 is 15.9 Å². The zero-order valence-corrected chi connectivity index (χ0v) is 15.6. The van der Waals surface area contributed by atoms with Crippen LogP contribution in [0.1, 0.15) is 12.8 Å². The number of halogens is 1. The Morgan fingerprint density at radius 1 is 1.04 bits per heavy atom. The normalized spacial score (nSPS) is 36.1. The van der Waals surface area contributed by atoms with Gasteiger partial charge in [-0.15, -0.1) is 0 Å². The van der Waals surface area contributed by atoms with Crippen molar-refractivity contribution in [2.45, 2.75) is 12.8 Å². The number of nitrogens with zero attached hydrogens (tertiary/aromatic N) is 1. The van der Waals surface area contributed by atoms with Gasteiger partial charge in [0.15, 0.2) is 0 Å². The van der Waals surface area contributed by atoms with E-state index in [1.54, 1.807) is 24.3 Å². The number of rotatable bonds is 4. The average molecular weight is 416 g/mol. The van der Waals surface area contributed by atoms with Gasteiger partial charge in [0.1, 0.15) is 5.75 Å². The monoisotopic (exact) mass is 415 g/mol. The number of ether oxygens (including phenoxy) is 1. The third kappa shape index (κ3) is 2.38. The van der Waals surface area contributed by atoms with Crippen molar-refractivity contribution in [1.82, 2.24) is 4.90 Å². The molecule has 0 N–H and O–H groups in total. The van der Waals surface area contributed by atoms with Crippen LogP contribution in [0, 0.1) is 35.5 Å². The van der Waals surface area contributed by atoms with Gasteiger partial charge in [-0.2, -0.15) is 0 Å². The molecule has 1 heterocycles. The maximum atomic E-state index is 12.8. The van der Waals surface area contributed by atoms with Gasteiger partial charge in [-0.25, -0.2) is 0 Å². The van der Waals surface area contributed by atoms with Gasteiger partial charge in [-0.1, -0.05) is 28.1 Å². The molecule has 4 aliphatic carbocycles. The third-order valence-corrected chi connectivity index (χ3v) is 6.87. The lowest BCUT2D eigenvalue weighted by atomic mass is 9.63. The standard InChI is InChI=1S/C20H18BrNO4/c21-10-1-3-11(4-2-10)26-16(23)7-8-22-19(24)17-12-5-6-13(15-9-14(12)15)18(17)20(22)25/h1-6,12-15,17-18H,7-9H2/t12-,13-,14-,15-,17+,18+/m0/s1. The first-order valence-electron chi connectivity index (χ1n) is 9.04. The molecule has 1 aliphatic heterocycles. The van der Waals surface area contributed by atoms with Crippen LogP contribution in [0.2, 0.25) is 0 Å². The summed E-state index contributed by atoms with van der Waals surface area (Å²) in [5, 5.41) is 0. The first-order valence-corrected chi connectivity index (χ1v) is 9.83. The Hall–Kier alpha value is -1.95. The number of esters is 1. The Labute approximate surface area is 159 Å². The van der Waals surface area contributed by atoms with Gasteiger partial charge in [0.25, 0.3) is 0 Å². The molecule has 0 spiro atoms.